The monoisotopic (exact) mass is 225 g/mol. The van der Waals surface area contributed by atoms with E-state index >= 15 is 0 Å². The molecule has 1 aliphatic carbocycles. The summed E-state index contributed by atoms with van der Waals surface area (Å²) in [5, 5.41) is 3.04. The van der Waals surface area contributed by atoms with E-state index in [1.54, 1.807) is 0 Å². The molecular weight excluding hydrogens is 202 g/mol. The van der Waals surface area contributed by atoms with E-state index in [1.807, 2.05) is 0 Å². The van der Waals surface area contributed by atoms with Crippen LogP contribution in [0.1, 0.15) is 26.2 Å². The smallest absolute Gasteiger partial charge is 0.224 e. The molecular formula is C12H23N3O. The number of amides is 1. The molecule has 1 saturated carbocycles. The average molecular weight is 225 g/mol. The predicted molar refractivity (Wildman–Crippen MR) is 63.9 cm³/mol. The first-order valence-electron chi connectivity index (χ1n) is 6.46. The van der Waals surface area contributed by atoms with Crippen LogP contribution in [0, 0.1) is 11.8 Å². The van der Waals surface area contributed by atoms with Crippen LogP contribution in [0.15, 0.2) is 0 Å². The lowest BCUT2D eigenvalue weighted by Crippen LogP contribution is -2.39. The summed E-state index contributed by atoms with van der Waals surface area (Å²) < 4.78 is 0. The van der Waals surface area contributed by atoms with Crippen molar-refractivity contribution in [3.8, 4) is 0 Å². The van der Waals surface area contributed by atoms with Crippen molar-refractivity contribution in [2.24, 2.45) is 17.6 Å². The second-order valence-electron chi connectivity index (χ2n) is 5.13. The van der Waals surface area contributed by atoms with Gasteiger partial charge in [0.25, 0.3) is 0 Å². The molecule has 2 atom stereocenters. The maximum atomic E-state index is 11.6. The third-order valence-electron chi connectivity index (χ3n) is 3.90. The van der Waals surface area contributed by atoms with E-state index in [4.69, 9.17) is 5.73 Å². The summed E-state index contributed by atoms with van der Waals surface area (Å²) in [6.07, 6.45) is 3.30. The highest BCUT2D eigenvalue weighted by Crippen LogP contribution is 2.27. The maximum absolute atomic E-state index is 11.6. The SMILES string of the molecule is CCN1CCC(CNC(=O)C2CC2N)CC1. The van der Waals surface area contributed by atoms with E-state index in [0.29, 0.717) is 5.92 Å². The fourth-order valence-electron chi connectivity index (χ4n) is 2.40. The van der Waals surface area contributed by atoms with Crippen molar-refractivity contribution in [3.63, 3.8) is 0 Å². The third-order valence-corrected chi connectivity index (χ3v) is 3.90. The molecule has 3 N–H and O–H groups in total. The summed E-state index contributed by atoms with van der Waals surface area (Å²) >= 11 is 0. The fourth-order valence-corrected chi connectivity index (χ4v) is 2.40. The Morgan fingerprint density at radius 2 is 2.06 bits per heavy atom. The van der Waals surface area contributed by atoms with E-state index in [2.05, 4.69) is 17.1 Å². The molecule has 0 spiro atoms. The van der Waals surface area contributed by atoms with Gasteiger partial charge in [0.2, 0.25) is 5.91 Å². The minimum Gasteiger partial charge on any atom is -0.356 e. The molecule has 16 heavy (non-hydrogen) atoms. The number of carbonyl (C=O) groups excluding carboxylic acids is 1. The van der Waals surface area contributed by atoms with Crippen molar-refractivity contribution in [3.05, 3.63) is 0 Å². The van der Waals surface area contributed by atoms with Crippen molar-refractivity contribution in [2.75, 3.05) is 26.2 Å². The van der Waals surface area contributed by atoms with Crippen LogP contribution >= 0.6 is 0 Å². The zero-order chi connectivity index (χ0) is 11.5. The summed E-state index contributed by atoms with van der Waals surface area (Å²) in [5.74, 6) is 0.947. The molecule has 1 saturated heterocycles. The minimum atomic E-state index is 0.107. The molecule has 2 aliphatic rings. The molecule has 92 valence electrons. The summed E-state index contributed by atoms with van der Waals surface area (Å²) in [6.45, 7) is 6.56. The molecule has 1 aliphatic heterocycles. The van der Waals surface area contributed by atoms with E-state index in [9.17, 15) is 4.79 Å². The largest absolute Gasteiger partial charge is 0.356 e. The average Bonchev–Trinajstić information content (AvgIpc) is 3.04. The zero-order valence-electron chi connectivity index (χ0n) is 10.1. The van der Waals surface area contributed by atoms with E-state index < -0.39 is 0 Å². The maximum Gasteiger partial charge on any atom is 0.224 e. The summed E-state index contributed by atoms with van der Waals surface area (Å²) in [5.41, 5.74) is 5.64. The lowest BCUT2D eigenvalue weighted by molar-refractivity contribution is -0.122. The summed E-state index contributed by atoms with van der Waals surface area (Å²) in [4.78, 5) is 14.0. The number of piperidine rings is 1. The number of hydrogen-bond donors (Lipinski definition) is 2. The van der Waals surface area contributed by atoms with Crippen molar-refractivity contribution in [1.82, 2.24) is 10.2 Å². The molecule has 0 aromatic carbocycles. The molecule has 0 bridgehead atoms. The molecule has 4 heteroatoms. The number of nitrogens with two attached hydrogens (primary N) is 1. The first-order valence-corrected chi connectivity index (χ1v) is 6.46. The molecule has 0 radical (unpaired) electrons. The van der Waals surface area contributed by atoms with Crippen LogP contribution in [0.25, 0.3) is 0 Å². The van der Waals surface area contributed by atoms with E-state index in [1.165, 1.54) is 25.9 Å². The number of rotatable bonds is 4. The van der Waals surface area contributed by atoms with Gasteiger partial charge in [-0.1, -0.05) is 6.92 Å². The fraction of sp³-hybridized carbons (Fsp3) is 0.917. The van der Waals surface area contributed by atoms with Crippen molar-refractivity contribution in [2.45, 2.75) is 32.2 Å². The molecule has 1 amide bonds. The molecule has 4 nitrogen and oxygen atoms in total. The molecule has 0 aromatic heterocycles. The van der Waals surface area contributed by atoms with Gasteiger partial charge in [-0.2, -0.15) is 0 Å². The van der Waals surface area contributed by atoms with Gasteiger partial charge >= 0.3 is 0 Å². The Hall–Kier alpha value is -0.610. The Morgan fingerprint density at radius 1 is 1.44 bits per heavy atom. The predicted octanol–water partition coefficient (Wildman–Crippen LogP) is 0.182. The van der Waals surface area contributed by atoms with Gasteiger partial charge in [-0.15, -0.1) is 0 Å². The van der Waals surface area contributed by atoms with Gasteiger partial charge in [-0.05, 0) is 44.8 Å². The normalized spacial score (nSPS) is 31.4. The number of nitrogens with one attached hydrogen (secondary N) is 1. The summed E-state index contributed by atoms with van der Waals surface area (Å²) in [7, 11) is 0. The lowest BCUT2D eigenvalue weighted by atomic mass is 9.97. The van der Waals surface area contributed by atoms with Crippen LogP contribution in [-0.2, 0) is 4.79 Å². The van der Waals surface area contributed by atoms with Gasteiger partial charge in [-0.25, -0.2) is 0 Å². The van der Waals surface area contributed by atoms with Crippen LogP contribution in [0.2, 0.25) is 0 Å². The van der Waals surface area contributed by atoms with Crippen molar-refractivity contribution in [1.29, 1.82) is 0 Å². The molecule has 2 unspecified atom stereocenters. The van der Waals surface area contributed by atoms with Crippen LogP contribution < -0.4 is 11.1 Å². The number of hydrogen-bond acceptors (Lipinski definition) is 3. The standard InChI is InChI=1S/C12H23N3O/c1-2-15-5-3-9(4-6-15)8-14-12(16)10-7-11(10)13/h9-11H,2-8,13H2,1H3,(H,14,16). The minimum absolute atomic E-state index is 0.107. The lowest BCUT2D eigenvalue weighted by Gasteiger charge is -2.31. The Kier molecular flexibility index (Phi) is 3.82. The van der Waals surface area contributed by atoms with Gasteiger partial charge < -0.3 is 16.0 Å². The second kappa shape index (κ2) is 5.15. The first-order chi connectivity index (χ1) is 7.70. The van der Waals surface area contributed by atoms with E-state index in [-0.39, 0.29) is 17.9 Å². The van der Waals surface area contributed by atoms with Crippen LogP contribution in [0.3, 0.4) is 0 Å². The van der Waals surface area contributed by atoms with Crippen LogP contribution in [-0.4, -0.2) is 43.0 Å². The van der Waals surface area contributed by atoms with Crippen molar-refractivity contribution >= 4 is 5.91 Å². The molecule has 2 fully saturated rings. The van der Waals surface area contributed by atoms with Crippen LogP contribution in [0.4, 0.5) is 0 Å². The molecule has 0 aromatic rings. The molecule has 2 rings (SSSR count). The van der Waals surface area contributed by atoms with Gasteiger partial charge in [0.15, 0.2) is 0 Å². The Bertz CT molecular complexity index is 249. The number of carbonyl (C=O) groups is 1. The van der Waals surface area contributed by atoms with Gasteiger partial charge in [0.1, 0.15) is 0 Å². The topological polar surface area (TPSA) is 58.4 Å². The highest BCUT2D eigenvalue weighted by molar-refractivity contribution is 5.82. The van der Waals surface area contributed by atoms with Crippen LogP contribution in [0.5, 0.6) is 0 Å². The zero-order valence-corrected chi connectivity index (χ0v) is 10.1. The quantitative estimate of drug-likeness (QED) is 0.717. The number of likely N-dealkylation sites (tertiary alicyclic amines) is 1. The van der Waals surface area contributed by atoms with Gasteiger partial charge in [-0.3, -0.25) is 4.79 Å². The Labute approximate surface area is 97.6 Å². The highest BCUT2D eigenvalue weighted by atomic mass is 16.2. The van der Waals surface area contributed by atoms with Gasteiger partial charge in [0, 0.05) is 12.6 Å². The van der Waals surface area contributed by atoms with E-state index in [0.717, 1.165) is 19.5 Å². The highest BCUT2D eigenvalue weighted by Gasteiger charge is 2.39. The van der Waals surface area contributed by atoms with Crippen molar-refractivity contribution < 1.29 is 4.79 Å². The molecule has 1 heterocycles. The van der Waals surface area contributed by atoms with Gasteiger partial charge in [0.05, 0.1) is 5.92 Å². The summed E-state index contributed by atoms with van der Waals surface area (Å²) in [6, 6.07) is 0.127. The first kappa shape index (κ1) is 11.9. The number of nitrogens with zero attached hydrogens (tertiary/aromatic N) is 1. The Balaban J connectivity index is 1.62. The third kappa shape index (κ3) is 2.95. The Morgan fingerprint density at radius 3 is 2.56 bits per heavy atom. The second-order valence-corrected chi connectivity index (χ2v) is 5.13.